The van der Waals surface area contributed by atoms with Crippen LogP contribution < -0.4 is 10.1 Å². The van der Waals surface area contributed by atoms with Crippen molar-refractivity contribution in [2.24, 2.45) is 5.92 Å². The van der Waals surface area contributed by atoms with Gasteiger partial charge in [-0.05, 0) is 61.4 Å². The summed E-state index contributed by atoms with van der Waals surface area (Å²) in [5, 5.41) is 3.57. The normalized spacial score (nSPS) is 15.2. The Morgan fingerprint density at radius 2 is 1.62 bits per heavy atom. The zero-order valence-electron chi connectivity index (χ0n) is 14.5. The van der Waals surface area contributed by atoms with Gasteiger partial charge >= 0.3 is 0 Å². The Morgan fingerprint density at radius 1 is 0.875 bits per heavy atom. The van der Waals surface area contributed by atoms with Gasteiger partial charge in [-0.3, -0.25) is 0 Å². The minimum absolute atomic E-state index is 0.768. The van der Waals surface area contributed by atoms with Gasteiger partial charge in [0.25, 0.3) is 0 Å². The van der Waals surface area contributed by atoms with E-state index >= 15 is 0 Å². The molecule has 0 atom stereocenters. The summed E-state index contributed by atoms with van der Waals surface area (Å²) in [6, 6.07) is 19.0. The summed E-state index contributed by atoms with van der Waals surface area (Å²) in [4.78, 5) is 0. The Hall–Kier alpha value is -1.96. The Kier molecular flexibility index (Phi) is 6.59. The van der Waals surface area contributed by atoms with Gasteiger partial charge in [0.2, 0.25) is 0 Å². The molecule has 1 aliphatic carbocycles. The summed E-state index contributed by atoms with van der Waals surface area (Å²) in [6.07, 6.45) is 9.12. The molecule has 2 aromatic carbocycles. The molecule has 0 bridgehead atoms. The number of hydrogen-bond donors (Lipinski definition) is 1. The molecule has 1 saturated carbocycles. The molecule has 128 valence electrons. The van der Waals surface area contributed by atoms with Crippen LogP contribution in [0.2, 0.25) is 0 Å². The Labute approximate surface area is 146 Å². The highest BCUT2D eigenvalue weighted by atomic mass is 16.5. The topological polar surface area (TPSA) is 21.3 Å². The molecule has 0 aromatic heterocycles. The van der Waals surface area contributed by atoms with Crippen molar-refractivity contribution in [3.8, 4) is 5.75 Å². The zero-order chi connectivity index (χ0) is 16.5. The van der Waals surface area contributed by atoms with E-state index in [2.05, 4.69) is 59.9 Å². The summed E-state index contributed by atoms with van der Waals surface area (Å²) in [7, 11) is 0. The molecule has 3 rings (SSSR count). The second-order valence-corrected chi connectivity index (χ2v) is 6.85. The van der Waals surface area contributed by atoms with Crippen LogP contribution in [0.3, 0.4) is 0 Å². The predicted octanol–water partition coefficient (Wildman–Crippen LogP) is 5.69. The van der Waals surface area contributed by atoms with Crippen LogP contribution >= 0.6 is 0 Å². The maximum absolute atomic E-state index is 5.85. The lowest BCUT2D eigenvalue weighted by Crippen LogP contribution is -2.16. The van der Waals surface area contributed by atoms with E-state index in [1.165, 1.54) is 43.4 Å². The van der Waals surface area contributed by atoms with Crippen molar-refractivity contribution in [1.82, 2.24) is 0 Å². The molecule has 0 radical (unpaired) electrons. The monoisotopic (exact) mass is 323 g/mol. The quantitative estimate of drug-likeness (QED) is 0.630. The molecule has 1 N–H and O–H groups in total. The molecule has 0 unspecified atom stereocenters. The molecule has 1 aliphatic rings. The first-order valence-corrected chi connectivity index (χ1v) is 9.41. The van der Waals surface area contributed by atoms with Crippen molar-refractivity contribution >= 4 is 5.69 Å². The van der Waals surface area contributed by atoms with E-state index in [4.69, 9.17) is 4.74 Å². The highest BCUT2D eigenvalue weighted by Gasteiger charge is 2.12. The highest BCUT2D eigenvalue weighted by Crippen LogP contribution is 2.24. The fourth-order valence-corrected chi connectivity index (χ4v) is 3.43. The van der Waals surface area contributed by atoms with Crippen molar-refractivity contribution in [3.63, 3.8) is 0 Å². The number of ether oxygens (including phenoxy) is 1. The maximum Gasteiger partial charge on any atom is 0.119 e. The average Bonchev–Trinajstić information content (AvgIpc) is 2.66. The second kappa shape index (κ2) is 9.36. The first-order chi connectivity index (χ1) is 11.9. The number of nitrogens with one attached hydrogen (secondary N) is 1. The first-order valence-electron chi connectivity index (χ1n) is 9.41. The van der Waals surface area contributed by atoms with Crippen LogP contribution in [0.15, 0.2) is 54.6 Å². The van der Waals surface area contributed by atoms with Crippen LogP contribution in [0.25, 0.3) is 0 Å². The summed E-state index contributed by atoms with van der Waals surface area (Å²) < 4.78 is 5.85. The summed E-state index contributed by atoms with van der Waals surface area (Å²) >= 11 is 0. The van der Waals surface area contributed by atoms with E-state index in [0.29, 0.717) is 0 Å². The van der Waals surface area contributed by atoms with Gasteiger partial charge in [0, 0.05) is 12.2 Å². The molecular weight excluding hydrogens is 294 g/mol. The molecule has 0 amide bonds. The number of anilines is 1. The van der Waals surface area contributed by atoms with Crippen molar-refractivity contribution in [3.05, 3.63) is 60.2 Å². The lowest BCUT2D eigenvalue weighted by molar-refractivity contribution is 0.311. The Bertz CT molecular complexity index is 573. The fourth-order valence-electron chi connectivity index (χ4n) is 3.43. The van der Waals surface area contributed by atoms with Crippen LogP contribution in [0, 0.1) is 5.92 Å². The minimum Gasteiger partial charge on any atom is -0.494 e. The molecule has 2 aromatic rings. The highest BCUT2D eigenvalue weighted by molar-refractivity contribution is 5.46. The van der Waals surface area contributed by atoms with E-state index in [0.717, 1.165) is 37.7 Å². The third kappa shape index (κ3) is 5.59. The van der Waals surface area contributed by atoms with Crippen LogP contribution in [-0.2, 0) is 6.42 Å². The second-order valence-electron chi connectivity index (χ2n) is 6.85. The SMILES string of the molecule is c1ccc(CCCOc2ccc(NCC3CCCCC3)cc2)cc1. The van der Waals surface area contributed by atoms with Gasteiger partial charge < -0.3 is 10.1 Å². The van der Waals surface area contributed by atoms with Crippen LogP contribution in [-0.4, -0.2) is 13.2 Å². The van der Waals surface area contributed by atoms with E-state index < -0.39 is 0 Å². The van der Waals surface area contributed by atoms with Crippen LogP contribution in [0.5, 0.6) is 5.75 Å². The molecule has 2 nitrogen and oxygen atoms in total. The number of aryl methyl sites for hydroxylation is 1. The zero-order valence-corrected chi connectivity index (χ0v) is 14.5. The standard InChI is InChI=1S/C22H29NO/c1-3-8-19(9-4-1)12-7-17-24-22-15-13-21(14-16-22)23-18-20-10-5-2-6-11-20/h1,3-4,8-9,13-16,20,23H,2,5-7,10-12,17-18H2. The lowest BCUT2D eigenvalue weighted by Gasteiger charge is -2.22. The van der Waals surface area contributed by atoms with Crippen molar-refractivity contribution in [1.29, 1.82) is 0 Å². The van der Waals surface area contributed by atoms with Crippen molar-refractivity contribution in [2.75, 3.05) is 18.5 Å². The Balaban J connectivity index is 1.35. The predicted molar refractivity (Wildman–Crippen MR) is 102 cm³/mol. The molecule has 0 aliphatic heterocycles. The molecule has 24 heavy (non-hydrogen) atoms. The molecule has 2 heteroatoms. The number of hydrogen-bond acceptors (Lipinski definition) is 2. The third-order valence-electron chi connectivity index (χ3n) is 4.90. The van der Waals surface area contributed by atoms with Gasteiger partial charge in [0.05, 0.1) is 6.61 Å². The van der Waals surface area contributed by atoms with E-state index in [9.17, 15) is 0 Å². The summed E-state index contributed by atoms with van der Waals surface area (Å²) in [5.41, 5.74) is 2.58. The summed E-state index contributed by atoms with van der Waals surface area (Å²) in [6.45, 7) is 1.88. The van der Waals surface area contributed by atoms with Crippen molar-refractivity contribution < 1.29 is 4.74 Å². The van der Waals surface area contributed by atoms with E-state index in [1.54, 1.807) is 0 Å². The van der Waals surface area contributed by atoms with Gasteiger partial charge in [-0.15, -0.1) is 0 Å². The fraction of sp³-hybridized carbons (Fsp3) is 0.455. The van der Waals surface area contributed by atoms with Crippen LogP contribution in [0.4, 0.5) is 5.69 Å². The number of rotatable bonds is 8. The maximum atomic E-state index is 5.85. The van der Waals surface area contributed by atoms with Crippen molar-refractivity contribution in [2.45, 2.75) is 44.9 Å². The van der Waals surface area contributed by atoms with Gasteiger partial charge in [-0.2, -0.15) is 0 Å². The van der Waals surface area contributed by atoms with Gasteiger partial charge in [0.1, 0.15) is 5.75 Å². The van der Waals surface area contributed by atoms with E-state index in [-0.39, 0.29) is 0 Å². The third-order valence-corrected chi connectivity index (χ3v) is 4.90. The molecule has 0 saturated heterocycles. The molecular formula is C22H29NO. The molecule has 0 heterocycles. The number of benzene rings is 2. The first kappa shape index (κ1) is 16.9. The van der Waals surface area contributed by atoms with Gasteiger partial charge in [-0.25, -0.2) is 0 Å². The Morgan fingerprint density at radius 3 is 2.38 bits per heavy atom. The van der Waals surface area contributed by atoms with Crippen LogP contribution in [0.1, 0.15) is 44.1 Å². The average molecular weight is 323 g/mol. The summed E-state index contributed by atoms with van der Waals surface area (Å²) in [5.74, 6) is 1.82. The van der Waals surface area contributed by atoms with Gasteiger partial charge in [0.15, 0.2) is 0 Å². The smallest absolute Gasteiger partial charge is 0.119 e. The lowest BCUT2D eigenvalue weighted by atomic mass is 9.89. The minimum atomic E-state index is 0.768. The molecule has 0 spiro atoms. The largest absolute Gasteiger partial charge is 0.494 e. The molecule has 1 fully saturated rings. The van der Waals surface area contributed by atoms with Gasteiger partial charge in [-0.1, -0.05) is 49.6 Å². The van der Waals surface area contributed by atoms with E-state index in [1.807, 2.05) is 0 Å².